The van der Waals surface area contributed by atoms with Gasteiger partial charge in [0.15, 0.2) is 0 Å². The smallest absolute Gasteiger partial charge is 0.253 e. The molecule has 0 saturated carbocycles. The van der Waals surface area contributed by atoms with Crippen molar-refractivity contribution in [2.75, 3.05) is 9.80 Å². The average Bonchev–Trinajstić information content (AvgIpc) is 3.12. The molecule has 0 radical (unpaired) electrons. The molecule has 0 saturated heterocycles. The maximum atomic E-state index is 2.49. The summed E-state index contributed by atoms with van der Waals surface area (Å²) in [6.45, 7) is 2.24. The van der Waals surface area contributed by atoms with E-state index in [-0.39, 0.29) is 6.71 Å². The third-order valence-corrected chi connectivity index (χ3v) is 9.47. The summed E-state index contributed by atoms with van der Waals surface area (Å²) in [5.74, 6) is 0. The van der Waals surface area contributed by atoms with Gasteiger partial charge in [-0.15, -0.1) is 0 Å². The number of hydrogen-bond acceptors (Lipinski definition) is 2. The molecule has 0 unspecified atom stereocenters. The zero-order valence-electron chi connectivity index (χ0n) is 25.6. The fraction of sp³-hybridized carbons (Fsp3) is 0.0233. The summed E-state index contributed by atoms with van der Waals surface area (Å²) in [4.78, 5) is 4.98. The second kappa shape index (κ2) is 10.7. The first-order valence-corrected chi connectivity index (χ1v) is 16.0. The lowest BCUT2D eigenvalue weighted by molar-refractivity contribution is 1.24. The average molecular weight is 587 g/mol. The number of nitrogens with zero attached hydrogens (tertiary/aromatic N) is 2. The highest BCUT2D eigenvalue weighted by Gasteiger charge is 2.45. The van der Waals surface area contributed by atoms with Gasteiger partial charge in [-0.3, -0.25) is 0 Å². The van der Waals surface area contributed by atoms with Crippen molar-refractivity contribution >= 4 is 57.2 Å². The molecule has 216 valence electrons. The summed E-state index contributed by atoms with van der Waals surface area (Å²) >= 11 is 0. The van der Waals surface area contributed by atoms with Gasteiger partial charge in [0.2, 0.25) is 0 Å². The lowest BCUT2D eigenvalue weighted by Gasteiger charge is -2.45. The first kappa shape index (κ1) is 26.6. The zero-order chi connectivity index (χ0) is 30.6. The molecule has 0 atom stereocenters. The third kappa shape index (κ3) is 4.05. The van der Waals surface area contributed by atoms with Crippen LogP contribution in [0.4, 0.5) is 34.1 Å². The molecule has 0 spiro atoms. The van der Waals surface area contributed by atoms with Crippen molar-refractivity contribution in [2.45, 2.75) is 6.92 Å². The molecule has 7 aromatic carbocycles. The SMILES string of the molecule is Cc1cc2c3c(c1)N(c1ccccc1)c1cccc(-c4ccccc4)c1B3c1c(-c3ccccc3)cccc1N2c1ccccc1. The van der Waals surface area contributed by atoms with E-state index in [1.54, 1.807) is 0 Å². The highest BCUT2D eigenvalue weighted by atomic mass is 15.2. The monoisotopic (exact) mass is 586 g/mol. The number of rotatable bonds is 4. The molecule has 2 aliphatic heterocycles. The third-order valence-electron chi connectivity index (χ3n) is 9.47. The normalized spacial score (nSPS) is 12.8. The van der Waals surface area contributed by atoms with Crippen LogP contribution in [-0.4, -0.2) is 6.71 Å². The van der Waals surface area contributed by atoms with E-state index >= 15 is 0 Å². The number of anilines is 6. The lowest BCUT2D eigenvalue weighted by atomic mass is 9.32. The van der Waals surface area contributed by atoms with Crippen LogP contribution in [0.2, 0.25) is 0 Å². The van der Waals surface area contributed by atoms with E-state index in [0.29, 0.717) is 0 Å². The number of hydrogen-bond donors (Lipinski definition) is 0. The summed E-state index contributed by atoms with van der Waals surface area (Å²) in [5.41, 5.74) is 17.5. The Morgan fingerprint density at radius 1 is 0.370 bits per heavy atom. The van der Waals surface area contributed by atoms with Gasteiger partial charge in [0.1, 0.15) is 0 Å². The van der Waals surface area contributed by atoms with Crippen molar-refractivity contribution in [3.63, 3.8) is 0 Å². The Kier molecular flexibility index (Phi) is 6.17. The molecule has 0 bridgehead atoms. The van der Waals surface area contributed by atoms with Gasteiger partial charge >= 0.3 is 0 Å². The molecule has 46 heavy (non-hydrogen) atoms. The summed E-state index contributed by atoms with van der Waals surface area (Å²) < 4.78 is 0. The van der Waals surface area contributed by atoms with E-state index in [1.165, 1.54) is 67.0 Å². The van der Waals surface area contributed by atoms with Crippen molar-refractivity contribution in [3.05, 3.63) is 175 Å². The van der Waals surface area contributed by atoms with E-state index in [2.05, 4.69) is 187 Å². The second-order valence-electron chi connectivity index (χ2n) is 12.2. The number of benzene rings is 7. The maximum absolute atomic E-state index is 2.49. The van der Waals surface area contributed by atoms with Crippen molar-refractivity contribution in [1.29, 1.82) is 0 Å². The van der Waals surface area contributed by atoms with Crippen molar-refractivity contribution < 1.29 is 0 Å². The molecular weight excluding hydrogens is 555 g/mol. The van der Waals surface area contributed by atoms with Crippen LogP contribution >= 0.6 is 0 Å². The molecule has 3 heteroatoms. The number of fused-ring (bicyclic) bond motifs is 4. The second-order valence-corrected chi connectivity index (χ2v) is 12.2. The molecule has 0 amide bonds. The summed E-state index contributed by atoms with van der Waals surface area (Å²) in [6.07, 6.45) is 0. The molecule has 9 rings (SSSR count). The van der Waals surface area contributed by atoms with Gasteiger partial charge < -0.3 is 9.80 Å². The van der Waals surface area contributed by atoms with E-state index in [4.69, 9.17) is 0 Å². The summed E-state index contributed by atoms with van der Waals surface area (Å²) in [5, 5.41) is 0. The Morgan fingerprint density at radius 3 is 1.17 bits per heavy atom. The van der Waals surface area contributed by atoms with Gasteiger partial charge in [-0.25, -0.2) is 0 Å². The number of para-hydroxylation sites is 2. The van der Waals surface area contributed by atoms with Crippen molar-refractivity contribution in [2.24, 2.45) is 0 Å². The summed E-state index contributed by atoms with van der Waals surface area (Å²) in [7, 11) is 0. The standard InChI is InChI=1S/C43H31BN2/c1-30-28-39-43-40(29-30)46(34-22-12-5-13-23-34)38-27-15-25-36(32-18-8-3-9-19-32)42(38)44(43)41-35(31-16-6-2-7-17-31)24-14-26-37(41)45(39)33-20-10-4-11-21-33/h2-29H,1H3. The first-order chi connectivity index (χ1) is 22.8. The topological polar surface area (TPSA) is 6.48 Å². The van der Waals surface area contributed by atoms with Gasteiger partial charge in [0.25, 0.3) is 6.71 Å². The van der Waals surface area contributed by atoms with Gasteiger partial charge in [-0.05, 0) is 99.7 Å². The molecule has 0 N–H and O–H groups in total. The predicted octanol–water partition coefficient (Wildman–Crippen LogP) is 9.41. The van der Waals surface area contributed by atoms with Crippen LogP contribution in [-0.2, 0) is 0 Å². The van der Waals surface area contributed by atoms with Gasteiger partial charge in [0, 0.05) is 34.1 Å². The quantitative estimate of drug-likeness (QED) is 0.190. The number of aryl methyl sites for hydroxylation is 1. The Balaban J connectivity index is 1.46. The maximum Gasteiger partial charge on any atom is 0.253 e. The molecule has 0 aliphatic carbocycles. The molecule has 0 fully saturated rings. The van der Waals surface area contributed by atoms with Crippen LogP contribution in [0.15, 0.2) is 170 Å². The van der Waals surface area contributed by atoms with E-state index in [9.17, 15) is 0 Å². The van der Waals surface area contributed by atoms with Crippen LogP contribution in [0.1, 0.15) is 5.56 Å². The Hall–Kier alpha value is -5.80. The van der Waals surface area contributed by atoms with E-state index in [0.717, 1.165) is 11.4 Å². The van der Waals surface area contributed by atoms with Crippen LogP contribution in [0.25, 0.3) is 22.3 Å². The van der Waals surface area contributed by atoms with Gasteiger partial charge in [-0.2, -0.15) is 0 Å². The zero-order valence-corrected chi connectivity index (χ0v) is 25.6. The molecular formula is C43H31BN2. The lowest BCUT2D eigenvalue weighted by Crippen LogP contribution is -2.62. The molecule has 2 aliphatic rings. The Bertz CT molecular complexity index is 2060. The first-order valence-electron chi connectivity index (χ1n) is 16.0. The minimum absolute atomic E-state index is 0.0170. The molecule has 2 nitrogen and oxygen atoms in total. The Morgan fingerprint density at radius 2 is 0.761 bits per heavy atom. The molecule has 0 aromatic heterocycles. The van der Waals surface area contributed by atoms with E-state index in [1.807, 2.05) is 0 Å². The van der Waals surface area contributed by atoms with Crippen LogP contribution in [0.3, 0.4) is 0 Å². The largest absolute Gasteiger partial charge is 0.311 e. The van der Waals surface area contributed by atoms with Gasteiger partial charge in [0.05, 0.1) is 0 Å². The predicted molar refractivity (Wildman–Crippen MR) is 196 cm³/mol. The van der Waals surface area contributed by atoms with Crippen LogP contribution in [0.5, 0.6) is 0 Å². The van der Waals surface area contributed by atoms with Gasteiger partial charge in [-0.1, -0.05) is 121 Å². The minimum atomic E-state index is 0.0170. The van der Waals surface area contributed by atoms with Crippen molar-refractivity contribution in [1.82, 2.24) is 0 Å². The van der Waals surface area contributed by atoms with Crippen molar-refractivity contribution in [3.8, 4) is 22.3 Å². The van der Waals surface area contributed by atoms with Crippen LogP contribution < -0.4 is 26.2 Å². The minimum Gasteiger partial charge on any atom is -0.311 e. The van der Waals surface area contributed by atoms with Crippen LogP contribution in [0, 0.1) is 6.92 Å². The molecule has 2 heterocycles. The Labute approximate surface area is 270 Å². The fourth-order valence-corrected chi connectivity index (χ4v) is 7.67. The molecule has 7 aromatic rings. The highest BCUT2D eigenvalue weighted by Crippen LogP contribution is 2.46. The fourth-order valence-electron chi connectivity index (χ4n) is 7.67. The highest BCUT2D eigenvalue weighted by molar-refractivity contribution is 7.01. The van der Waals surface area contributed by atoms with E-state index < -0.39 is 0 Å². The summed E-state index contributed by atoms with van der Waals surface area (Å²) in [6, 6.07) is 62.0.